The Bertz CT molecular complexity index is 899. The highest BCUT2D eigenvalue weighted by Gasteiger charge is 2.55. The van der Waals surface area contributed by atoms with Crippen molar-refractivity contribution in [2.45, 2.75) is 17.9 Å². The van der Waals surface area contributed by atoms with E-state index in [4.69, 9.17) is 0 Å². The lowest BCUT2D eigenvalue weighted by Gasteiger charge is -2.55. The maximum Gasteiger partial charge on any atom is 0.282 e. The largest absolute Gasteiger partial charge is 0.347 e. The molecule has 6 rings (SSSR count). The van der Waals surface area contributed by atoms with Gasteiger partial charge in [-0.2, -0.15) is 5.10 Å². The summed E-state index contributed by atoms with van der Waals surface area (Å²) < 4.78 is 27.3. The second-order valence-corrected chi connectivity index (χ2v) is 8.58. The molecule has 4 aliphatic rings. The fraction of sp³-hybridized carbons (Fsp3) is 0.524. The van der Waals surface area contributed by atoms with E-state index in [0.717, 1.165) is 39.3 Å². The van der Waals surface area contributed by atoms with Gasteiger partial charge < -0.3 is 15.1 Å². The third-order valence-electron chi connectivity index (χ3n) is 6.79. The number of aromatic nitrogens is 2. The second-order valence-electron chi connectivity index (χ2n) is 8.58. The van der Waals surface area contributed by atoms with Crippen LogP contribution in [0.25, 0.3) is 0 Å². The molecule has 1 aromatic heterocycles. The van der Waals surface area contributed by atoms with Crippen LogP contribution >= 0.6 is 0 Å². The average molecular weight is 401 g/mol. The van der Waals surface area contributed by atoms with E-state index in [2.05, 4.69) is 32.3 Å². The van der Waals surface area contributed by atoms with E-state index in [0.29, 0.717) is 5.92 Å². The van der Waals surface area contributed by atoms with Crippen molar-refractivity contribution in [3.63, 3.8) is 0 Å². The maximum absolute atomic E-state index is 13.1. The number of piperidine rings is 2. The first-order chi connectivity index (χ1) is 14.0. The van der Waals surface area contributed by atoms with Crippen LogP contribution in [0.5, 0.6) is 0 Å². The predicted molar refractivity (Wildman–Crippen MR) is 104 cm³/mol. The molecule has 0 spiro atoms. The van der Waals surface area contributed by atoms with E-state index in [1.165, 1.54) is 23.4 Å². The van der Waals surface area contributed by atoms with Crippen LogP contribution in [0.15, 0.2) is 36.4 Å². The van der Waals surface area contributed by atoms with Gasteiger partial charge in [0.15, 0.2) is 0 Å². The number of carbonyl (C=O) groups excluding carboxylic acids is 1. The highest BCUT2D eigenvalue weighted by molar-refractivity contribution is 5.93. The summed E-state index contributed by atoms with van der Waals surface area (Å²) in [5, 5.41) is 7.04. The molecule has 29 heavy (non-hydrogen) atoms. The summed E-state index contributed by atoms with van der Waals surface area (Å²) in [5.74, 6) is -0.0321. The molecule has 2 unspecified atom stereocenters. The molecule has 0 aliphatic carbocycles. The Kier molecular flexibility index (Phi) is 4.43. The van der Waals surface area contributed by atoms with Crippen LogP contribution in [-0.2, 0) is 12.5 Å². The van der Waals surface area contributed by atoms with E-state index in [1.807, 2.05) is 18.2 Å². The van der Waals surface area contributed by atoms with Crippen LogP contribution in [0.1, 0.15) is 28.2 Å². The molecular formula is C21H25F2N5O. The summed E-state index contributed by atoms with van der Waals surface area (Å²) in [7, 11) is 1.53. The monoisotopic (exact) mass is 401 g/mol. The van der Waals surface area contributed by atoms with Gasteiger partial charge in [-0.15, -0.1) is 0 Å². The molecule has 0 saturated carbocycles. The quantitative estimate of drug-likeness (QED) is 0.847. The molecule has 5 heterocycles. The van der Waals surface area contributed by atoms with E-state index in [-0.39, 0.29) is 28.8 Å². The van der Waals surface area contributed by atoms with Crippen LogP contribution in [-0.4, -0.2) is 70.8 Å². The molecule has 6 nitrogen and oxygen atoms in total. The van der Waals surface area contributed by atoms with Gasteiger partial charge in [0.1, 0.15) is 11.4 Å². The molecular weight excluding hydrogens is 376 g/mol. The minimum atomic E-state index is -2.69. The van der Waals surface area contributed by atoms with Crippen LogP contribution in [0, 0.1) is 5.92 Å². The van der Waals surface area contributed by atoms with Gasteiger partial charge in [0, 0.05) is 63.7 Å². The number of amides is 1. The first kappa shape index (κ1) is 18.7. The molecule has 1 N–H and O–H groups in total. The molecule has 4 fully saturated rings. The number of hydrogen-bond acceptors (Lipinski definition) is 4. The Morgan fingerprint density at radius 3 is 2.41 bits per heavy atom. The third-order valence-corrected chi connectivity index (χ3v) is 6.79. The van der Waals surface area contributed by atoms with Crippen LogP contribution < -0.4 is 5.32 Å². The number of benzene rings is 1. The molecule has 1 amide bonds. The summed E-state index contributed by atoms with van der Waals surface area (Å²) in [6.07, 6.45) is -2.69. The van der Waals surface area contributed by atoms with Gasteiger partial charge >= 0.3 is 0 Å². The number of rotatable bonds is 4. The maximum atomic E-state index is 13.1. The van der Waals surface area contributed by atoms with Crippen LogP contribution in [0.4, 0.5) is 8.78 Å². The average Bonchev–Trinajstić information content (AvgIpc) is 2.93. The number of nitrogens with one attached hydrogen (secondary N) is 1. The van der Waals surface area contributed by atoms with E-state index in [9.17, 15) is 13.6 Å². The molecule has 4 bridgehead atoms. The van der Waals surface area contributed by atoms with Gasteiger partial charge in [-0.25, -0.2) is 8.78 Å². The van der Waals surface area contributed by atoms with Crippen molar-refractivity contribution in [1.29, 1.82) is 0 Å². The van der Waals surface area contributed by atoms with Gasteiger partial charge in [0.05, 0.1) is 0 Å². The summed E-state index contributed by atoms with van der Waals surface area (Å²) in [4.78, 5) is 18.1. The van der Waals surface area contributed by atoms with Crippen molar-refractivity contribution < 1.29 is 13.6 Å². The lowest BCUT2D eigenvalue weighted by atomic mass is 9.64. The third kappa shape index (κ3) is 3.05. The lowest BCUT2D eigenvalue weighted by molar-refractivity contribution is 0.0178. The number of alkyl halides is 2. The van der Waals surface area contributed by atoms with Crippen molar-refractivity contribution in [1.82, 2.24) is 24.9 Å². The number of carbonyl (C=O) groups is 1. The SMILES string of the molecule is Cn1nc(C(F)F)cc1C(=O)N[C@@H]1C2CN3CCN(C2)CC1(c1ccccc1)C3. The van der Waals surface area contributed by atoms with Gasteiger partial charge in [0.25, 0.3) is 12.3 Å². The molecule has 2 aromatic rings. The summed E-state index contributed by atoms with van der Waals surface area (Å²) in [6.45, 7) is 5.77. The van der Waals surface area contributed by atoms with Crippen molar-refractivity contribution in [3.05, 3.63) is 53.3 Å². The smallest absolute Gasteiger partial charge is 0.282 e. The standard InChI is InChI=1S/C21H25F2N5O/c1-26-17(9-16(25-26)19(22)23)20(29)24-18-14-10-27-7-8-28(11-14)13-21(18,12-27)15-5-3-2-4-6-15/h2-6,9,14,18-19H,7-8,10-13H2,1H3,(H,24,29)/t14?,18-,21?/m1/s1. The normalized spacial score (nSPS) is 33.1. The minimum absolute atomic E-state index is 0.0482. The number of nitrogens with zero attached hydrogens (tertiary/aromatic N) is 4. The van der Waals surface area contributed by atoms with Crippen LogP contribution in [0.2, 0.25) is 0 Å². The Balaban J connectivity index is 1.50. The van der Waals surface area contributed by atoms with E-state index >= 15 is 0 Å². The van der Waals surface area contributed by atoms with Gasteiger partial charge in [-0.1, -0.05) is 30.3 Å². The van der Waals surface area contributed by atoms with Gasteiger partial charge in [0.2, 0.25) is 0 Å². The number of halogens is 2. The Morgan fingerprint density at radius 1 is 1.17 bits per heavy atom. The minimum Gasteiger partial charge on any atom is -0.347 e. The summed E-state index contributed by atoms with van der Waals surface area (Å²) in [6, 6.07) is 11.5. The first-order valence-corrected chi connectivity index (χ1v) is 10.1. The molecule has 8 heteroatoms. The fourth-order valence-corrected chi connectivity index (χ4v) is 5.59. The van der Waals surface area contributed by atoms with Crippen molar-refractivity contribution >= 4 is 5.91 Å². The highest BCUT2D eigenvalue weighted by atomic mass is 19.3. The van der Waals surface area contributed by atoms with Crippen molar-refractivity contribution in [2.24, 2.45) is 13.0 Å². The molecule has 3 atom stereocenters. The zero-order valence-corrected chi connectivity index (χ0v) is 16.4. The fourth-order valence-electron chi connectivity index (χ4n) is 5.59. The first-order valence-electron chi connectivity index (χ1n) is 10.1. The van der Waals surface area contributed by atoms with Crippen molar-refractivity contribution in [3.8, 4) is 0 Å². The molecule has 1 aromatic carbocycles. The van der Waals surface area contributed by atoms with Crippen LogP contribution in [0.3, 0.4) is 0 Å². The number of aryl methyl sites for hydroxylation is 1. The Labute approximate surface area is 168 Å². The summed E-state index contributed by atoms with van der Waals surface area (Å²) >= 11 is 0. The molecule has 4 aliphatic heterocycles. The Morgan fingerprint density at radius 2 is 1.83 bits per heavy atom. The van der Waals surface area contributed by atoms with Crippen molar-refractivity contribution in [2.75, 3.05) is 39.3 Å². The Hall–Kier alpha value is -2.32. The zero-order chi connectivity index (χ0) is 20.2. The predicted octanol–water partition coefficient (Wildman–Crippen LogP) is 1.66. The highest BCUT2D eigenvalue weighted by Crippen LogP contribution is 2.43. The lowest BCUT2D eigenvalue weighted by Crippen LogP contribution is -2.70. The van der Waals surface area contributed by atoms with Gasteiger partial charge in [-0.3, -0.25) is 9.48 Å². The van der Waals surface area contributed by atoms with E-state index in [1.54, 1.807) is 0 Å². The molecule has 4 saturated heterocycles. The zero-order valence-electron chi connectivity index (χ0n) is 16.4. The molecule has 154 valence electrons. The number of fused-ring (bicyclic) bond motifs is 1. The number of hydrogen-bond donors (Lipinski definition) is 1. The van der Waals surface area contributed by atoms with E-state index < -0.39 is 6.43 Å². The summed E-state index contributed by atoms with van der Waals surface area (Å²) in [5.41, 5.74) is 0.828. The topological polar surface area (TPSA) is 53.4 Å². The van der Waals surface area contributed by atoms with Gasteiger partial charge in [-0.05, 0) is 11.6 Å². The second kappa shape index (κ2) is 6.88. The molecule has 0 radical (unpaired) electrons.